The monoisotopic (exact) mass is 314 g/mol. The molecule has 0 N–H and O–H groups in total. The molecule has 4 nitrogen and oxygen atoms in total. The lowest BCUT2D eigenvalue weighted by molar-refractivity contribution is -0.173. The van der Waals surface area contributed by atoms with Crippen LogP contribution in [0.4, 0.5) is 0 Å². The van der Waals surface area contributed by atoms with Crippen molar-refractivity contribution in [1.29, 1.82) is 0 Å². The summed E-state index contributed by atoms with van der Waals surface area (Å²) in [6.45, 7) is 8.16. The van der Waals surface area contributed by atoms with Crippen LogP contribution >= 0.6 is 0 Å². The highest BCUT2D eigenvalue weighted by Crippen LogP contribution is 2.33. The zero-order chi connectivity index (χ0) is 16.8. The first-order valence-corrected chi connectivity index (χ1v) is 8.93. The fraction of sp³-hybridized carbons (Fsp3) is 0.889. The Bertz CT molecular complexity index is 294. The van der Waals surface area contributed by atoms with Gasteiger partial charge in [-0.1, -0.05) is 58.8 Å². The van der Waals surface area contributed by atoms with E-state index in [2.05, 4.69) is 6.92 Å². The molecule has 0 aliphatic rings. The third kappa shape index (κ3) is 6.80. The number of hydrogen-bond donors (Lipinski definition) is 0. The lowest BCUT2D eigenvalue weighted by Gasteiger charge is -2.27. The summed E-state index contributed by atoms with van der Waals surface area (Å²) in [6.07, 6.45) is 9.04. The first-order valence-electron chi connectivity index (χ1n) is 8.93. The van der Waals surface area contributed by atoms with Crippen molar-refractivity contribution in [2.45, 2.75) is 85.5 Å². The fourth-order valence-electron chi connectivity index (χ4n) is 2.68. The Kier molecular flexibility index (Phi) is 11.9. The minimum Gasteiger partial charge on any atom is -0.465 e. The fourth-order valence-corrected chi connectivity index (χ4v) is 2.68. The van der Waals surface area contributed by atoms with Crippen LogP contribution in [0.2, 0.25) is 0 Å². The SMILES string of the molecule is CCCCCCCCCC(CC)(C(=O)OCC)C(=O)OCC. The maximum absolute atomic E-state index is 12.3. The van der Waals surface area contributed by atoms with Gasteiger partial charge >= 0.3 is 11.9 Å². The highest BCUT2D eigenvalue weighted by atomic mass is 16.6. The normalized spacial score (nSPS) is 11.3. The molecular formula is C18H34O4. The molecule has 0 aromatic carbocycles. The van der Waals surface area contributed by atoms with Crippen molar-refractivity contribution in [3.05, 3.63) is 0 Å². The molecule has 0 atom stereocenters. The van der Waals surface area contributed by atoms with Crippen LogP contribution in [0, 0.1) is 5.41 Å². The maximum atomic E-state index is 12.3. The Hall–Kier alpha value is -1.06. The van der Waals surface area contributed by atoms with Gasteiger partial charge in [-0.05, 0) is 26.7 Å². The maximum Gasteiger partial charge on any atom is 0.323 e. The summed E-state index contributed by atoms with van der Waals surface area (Å²) in [5.74, 6) is -0.858. The molecule has 0 heterocycles. The Labute approximate surface area is 135 Å². The summed E-state index contributed by atoms with van der Waals surface area (Å²) >= 11 is 0. The van der Waals surface area contributed by atoms with Crippen molar-refractivity contribution >= 4 is 11.9 Å². The quantitative estimate of drug-likeness (QED) is 0.282. The third-order valence-corrected chi connectivity index (χ3v) is 4.14. The number of carbonyl (C=O) groups excluding carboxylic acids is 2. The Morgan fingerprint density at radius 2 is 1.18 bits per heavy atom. The van der Waals surface area contributed by atoms with Gasteiger partial charge in [0.25, 0.3) is 0 Å². The number of unbranched alkanes of at least 4 members (excludes halogenated alkanes) is 6. The first kappa shape index (κ1) is 20.9. The van der Waals surface area contributed by atoms with E-state index < -0.39 is 17.4 Å². The molecule has 0 bridgehead atoms. The van der Waals surface area contributed by atoms with Crippen LogP contribution in [-0.4, -0.2) is 25.2 Å². The highest BCUT2D eigenvalue weighted by molar-refractivity contribution is 6.00. The molecule has 0 spiro atoms. The van der Waals surface area contributed by atoms with Gasteiger partial charge < -0.3 is 9.47 Å². The summed E-state index contributed by atoms with van der Waals surface area (Å²) in [6, 6.07) is 0. The molecule has 0 radical (unpaired) electrons. The van der Waals surface area contributed by atoms with E-state index in [1.54, 1.807) is 13.8 Å². The predicted molar refractivity (Wildman–Crippen MR) is 88.6 cm³/mol. The second kappa shape index (κ2) is 12.5. The van der Waals surface area contributed by atoms with E-state index in [9.17, 15) is 9.59 Å². The molecular weight excluding hydrogens is 280 g/mol. The van der Waals surface area contributed by atoms with E-state index in [4.69, 9.17) is 9.47 Å². The highest BCUT2D eigenvalue weighted by Gasteiger charge is 2.46. The Balaban J connectivity index is 4.52. The van der Waals surface area contributed by atoms with E-state index in [1.165, 1.54) is 25.7 Å². The van der Waals surface area contributed by atoms with Crippen LogP contribution in [0.3, 0.4) is 0 Å². The lowest BCUT2D eigenvalue weighted by atomic mass is 9.80. The summed E-state index contributed by atoms with van der Waals surface area (Å²) in [5, 5.41) is 0. The zero-order valence-electron chi connectivity index (χ0n) is 14.9. The minimum atomic E-state index is -1.12. The molecule has 4 heteroatoms. The van der Waals surface area contributed by atoms with Crippen molar-refractivity contribution in [3.63, 3.8) is 0 Å². The minimum absolute atomic E-state index is 0.289. The topological polar surface area (TPSA) is 52.6 Å². The average molecular weight is 314 g/mol. The largest absolute Gasteiger partial charge is 0.465 e. The molecule has 22 heavy (non-hydrogen) atoms. The number of rotatable bonds is 13. The number of hydrogen-bond acceptors (Lipinski definition) is 4. The van der Waals surface area contributed by atoms with Gasteiger partial charge in [0.15, 0.2) is 5.41 Å². The van der Waals surface area contributed by atoms with Gasteiger partial charge in [-0.3, -0.25) is 9.59 Å². The molecule has 0 aromatic heterocycles. The summed E-state index contributed by atoms with van der Waals surface area (Å²) in [7, 11) is 0. The van der Waals surface area contributed by atoms with E-state index in [1.807, 2.05) is 6.92 Å². The molecule has 0 rings (SSSR count). The van der Waals surface area contributed by atoms with E-state index in [0.717, 1.165) is 19.3 Å². The zero-order valence-corrected chi connectivity index (χ0v) is 14.9. The van der Waals surface area contributed by atoms with Crippen LogP contribution in [-0.2, 0) is 19.1 Å². The summed E-state index contributed by atoms with van der Waals surface area (Å²) in [4.78, 5) is 24.6. The molecule has 0 saturated carbocycles. The van der Waals surface area contributed by atoms with Crippen LogP contribution in [0.5, 0.6) is 0 Å². The van der Waals surface area contributed by atoms with Gasteiger partial charge in [0.05, 0.1) is 13.2 Å². The van der Waals surface area contributed by atoms with Crippen LogP contribution in [0.1, 0.15) is 85.5 Å². The average Bonchev–Trinajstić information content (AvgIpc) is 2.51. The van der Waals surface area contributed by atoms with Crippen LogP contribution < -0.4 is 0 Å². The standard InChI is InChI=1S/C18H34O4/c1-5-9-10-11-12-13-14-15-18(6-2,16(19)21-7-3)17(20)22-8-4/h5-15H2,1-4H3. The second-order valence-electron chi connectivity index (χ2n) is 5.75. The summed E-state index contributed by atoms with van der Waals surface area (Å²) in [5.41, 5.74) is -1.12. The molecule has 0 unspecified atom stereocenters. The van der Waals surface area contributed by atoms with Gasteiger partial charge in [-0.25, -0.2) is 0 Å². The van der Waals surface area contributed by atoms with Crippen molar-refractivity contribution in [2.75, 3.05) is 13.2 Å². The molecule has 0 aromatic rings. The number of carbonyl (C=O) groups is 2. The van der Waals surface area contributed by atoms with Crippen molar-refractivity contribution in [2.24, 2.45) is 5.41 Å². The summed E-state index contributed by atoms with van der Waals surface area (Å²) < 4.78 is 10.3. The van der Waals surface area contributed by atoms with Crippen molar-refractivity contribution in [3.8, 4) is 0 Å². The van der Waals surface area contributed by atoms with Crippen molar-refractivity contribution in [1.82, 2.24) is 0 Å². The van der Waals surface area contributed by atoms with E-state index >= 15 is 0 Å². The number of ether oxygens (including phenoxy) is 2. The molecule has 0 aliphatic heterocycles. The smallest absolute Gasteiger partial charge is 0.323 e. The Morgan fingerprint density at radius 3 is 1.59 bits per heavy atom. The van der Waals surface area contributed by atoms with Gasteiger partial charge in [0.2, 0.25) is 0 Å². The van der Waals surface area contributed by atoms with Gasteiger partial charge in [0.1, 0.15) is 0 Å². The van der Waals surface area contributed by atoms with E-state index in [-0.39, 0.29) is 13.2 Å². The molecule has 0 saturated heterocycles. The number of esters is 2. The molecule has 0 amide bonds. The van der Waals surface area contributed by atoms with Crippen LogP contribution in [0.25, 0.3) is 0 Å². The second-order valence-corrected chi connectivity index (χ2v) is 5.75. The van der Waals surface area contributed by atoms with Gasteiger partial charge in [-0.15, -0.1) is 0 Å². The lowest BCUT2D eigenvalue weighted by Crippen LogP contribution is -2.41. The van der Waals surface area contributed by atoms with E-state index in [0.29, 0.717) is 12.8 Å². The van der Waals surface area contributed by atoms with Crippen LogP contribution in [0.15, 0.2) is 0 Å². The third-order valence-electron chi connectivity index (χ3n) is 4.14. The Morgan fingerprint density at radius 1 is 0.727 bits per heavy atom. The molecule has 0 fully saturated rings. The van der Waals surface area contributed by atoms with Gasteiger partial charge in [0, 0.05) is 0 Å². The molecule has 130 valence electrons. The van der Waals surface area contributed by atoms with Gasteiger partial charge in [-0.2, -0.15) is 0 Å². The molecule has 0 aliphatic carbocycles. The first-order chi connectivity index (χ1) is 10.6. The van der Waals surface area contributed by atoms with Crippen molar-refractivity contribution < 1.29 is 19.1 Å². The predicted octanol–water partition coefficient (Wildman–Crippen LogP) is 4.65.